The number of amides is 2. The normalized spacial score (nSPS) is 23.1. The summed E-state index contributed by atoms with van der Waals surface area (Å²) in [6, 6.07) is 8.23. The zero-order chi connectivity index (χ0) is 35.5. The summed E-state index contributed by atoms with van der Waals surface area (Å²) in [6.07, 6.45) is 3.88. The summed E-state index contributed by atoms with van der Waals surface area (Å²) < 4.78 is 71.4. The Morgan fingerprint density at radius 2 is 1.96 bits per heavy atom. The van der Waals surface area contributed by atoms with Crippen LogP contribution in [0.1, 0.15) is 55.4 Å². The van der Waals surface area contributed by atoms with Gasteiger partial charge in [0.1, 0.15) is 11.4 Å². The Kier molecular flexibility index (Phi) is 9.82. The third-order valence-electron chi connectivity index (χ3n) is 9.38. The first kappa shape index (κ1) is 36.0. The molecule has 2 N–H and O–H groups in total. The molecule has 0 aromatic heterocycles. The number of hydrazine groups is 1. The molecule has 7 nitrogen and oxygen atoms in total. The molecule has 260 valence electrons. The molecule has 0 aliphatic carbocycles. The van der Waals surface area contributed by atoms with Gasteiger partial charge in [-0.05, 0) is 90.1 Å². The van der Waals surface area contributed by atoms with Crippen LogP contribution in [0.15, 0.2) is 76.0 Å². The molecule has 0 saturated carbocycles. The molecular formula is C35H34F5I2N5O2. The van der Waals surface area contributed by atoms with Gasteiger partial charge in [0.25, 0.3) is 11.8 Å². The number of hydrogen-bond acceptors (Lipinski definition) is 5. The number of carbonyl (C=O) groups excluding carboxylic acids is 2. The summed E-state index contributed by atoms with van der Waals surface area (Å²) in [7, 11) is 0. The van der Waals surface area contributed by atoms with Crippen molar-refractivity contribution in [2.75, 3.05) is 18.4 Å². The van der Waals surface area contributed by atoms with E-state index in [0.29, 0.717) is 41.8 Å². The van der Waals surface area contributed by atoms with Gasteiger partial charge in [0.15, 0.2) is 0 Å². The fourth-order valence-corrected chi connectivity index (χ4v) is 8.01. The SMILES string of the molecule is C=IC(F)(F)C1=CC(c2cc(C(F)(F)I)ccc2NC(=O)C2=C(C3CN3)C3(C)CCCN3N(Cc3cccc(C)c3F)C2=O)=NC=C(C)C1. The van der Waals surface area contributed by atoms with E-state index in [9.17, 15) is 18.4 Å². The van der Waals surface area contributed by atoms with Gasteiger partial charge in [-0.2, -0.15) is 17.6 Å². The number of allylic oxidation sites excluding steroid dienone is 3. The molecular weight excluding hydrogens is 871 g/mol. The monoisotopic (exact) mass is 905 g/mol. The molecule has 49 heavy (non-hydrogen) atoms. The van der Waals surface area contributed by atoms with Gasteiger partial charge >= 0.3 is 7.86 Å². The van der Waals surface area contributed by atoms with Crippen LogP contribution in [0.25, 0.3) is 0 Å². The van der Waals surface area contributed by atoms with Crippen molar-refractivity contribution >= 4 is 71.0 Å². The molecule has 0 bridgehead atoms. The van der Waals surface area contributed by atoms with E-state index in [2.05, 4.69) is 20.1 Å². The number of aliphatic imine (C=N–C) groups is 1. The van der Waals surface area contributed by atoms with E-state index in [1.807, 2.05) is 11.9 Å². The number of halogens is 7. The zero-order valence-corrected chi connectivity index (χ0v) is 31.3. The van der Waals surface area contributed by atoms with Crippen LogP contribution in [0.3, 0.4) is 0 Å². The molecule has 4 aliphatic rings. The third-order valence-corrected chi connectivity index (χ3v) is 11.6. The minimum Gasteiger partial charge on any atom is -0.321 e. The maximum Gasteiger partial charge on any atom is 0.321 e. The van der Waals surface area contributed by atoms with Crippen LogP contribution in [0, 0.1) is 12.7 Å². The van der Waals surface area contributed by atoms with Crippen LogP contribution in [0.4, 0.5) is 27.6 Å². The van der Waals surface area contributed by atoms with Crippen molar-refractivity contribution in [2.45, 2.75) is 66.0 Å². The molecule has 0 radical (unpaired) electrons. The van der Waals surface area contributed by atoms with E-state index in [4.69, 9.17) is 0 Å². The summed E-state index contributed by atoms with van der Waals surface area (Å²) in [4.78, 5) is 33.2. The van der Waals surface area contributed by atoms with Crippen molar-refractivity contribution in [1.82, 2.24) is 15.3 Å². The summed E-state index contributed by atoms with van der Waals surface area (Å²) in [5, 5.41) is 9.33. The van der Waals surface area contributed by atoms with Crippen LogP contribution in [0.5, 0.6) is 0 Å². The smallest absolute Gasteiger partial charge is 0.321 e. The van der Waals surface area contributed by atoms with Crippen molar-refractivity contribution in [2.24, 2.45) is 4.99 Å². The van der Waals surface area contributed by atoms with E-state index >= 15 is 13.2 Å². The highest BCUT2D eigenvalue weighted by molar-refractivity contribution is 14.2. The fourth-order valence-electron chi connectivity index (χ4n) is 6.83. The Bertz CT molecular complexity index is 1880. The van der Waals surface area contributed by atoms with E-state index in [0.717, 1.165) is 41.1 Å². The molecule has 4 heterocycles. The highest BCUT2D eigenvalue weighted by Crippen LogP contribution is 2.46. The number of nitrogens with one attached hydrogen (secondary N) is 2. The number of aryl methyl sites for hydroxylation is 1. The average Bonchev–Trinajstić information content (AvgIpc) is 3.83. The second-order valence-corrected chi connectivity index (χ2v) is 16.3. The van der Waals surface area contributed by atoms with E-state index in [-0.39, 0.29) is 47.1 Å². The molecule has 2 unspecified atom stereocenters. The lowest BCUT2D eigenvalue weighted by Gasteiger charge is -2.48. The molecule has 2 saturated heterocycles. The lowest BCUT2D eigenvalue weighted by molar-refractivity contribution is -0.157. The fraction of sp³-hybridized carbons (Fsp3) is 0.371. The molecule has 4 aliphatic heterocycles. The predicted molar refractivity (Wildman–Crippen MR) is 197 cm³/mol. The second-order valence-electron chi connectivity index (χ2n) is 12.8. The number of rotatable bonds is 9. The van der Waals surface area contributed by atoms with E-state index in [1.54, 1.807) is 32.0 Å². The number of fused-ring (bicyclic) bond motifs is 1. The topological polar surface area (TPSA) is 87.0 Å². The van der Waals surface area contributed by atoms with Crippen molar-refractivity contribution in [3.8, 4) is 0 Å². The largest absolute Gasteiger partial charge is 0.321 e. The first-order valence-corrected chi connectivity index (χ1v) is 19.3. The van der Waals surface area contributed by atoms with Crippen LogP contribution in [-0.4, -0.2) is 60.7 Å². The van der Waals surface area contributed by atoms with Gasteiger partial charge in [-0.3, -0.25) is 19.6 Å². The lowest BCUT2D eigenvalue weighted by Crippen LogP contribution is -2.61. The Morgan fingerprint density at radius 1 is 1.22 bits per heavy atom. The maximum absolute atomic E-state index is 15.2. The maximum atomic E-state index is 15.2. The van der Waals surface area contributed by atoms with Gasteiger partial charge in [0, 0.05) is 70.2 Å². The summed E-state index contributed by atoms with van der Waals surface area (Å²) in [6.45, 7) is 6.22. The molecule has 6 rings (SSSR count). The predicted octanol–water partition coefficient (Wildman–Crippen LogP) is 7.66. The van der Waals surface area contributed by atoms with Crippen LogP contribution in [-0.2, 0) is 20.1 Å². The average molecular weight is 905 g/mol. The van der Waals surface area contributed by atoms with Crippen molar-refractivity contribution in [1.29, 1.82) is 0 Å². The molecule has 2 atom stereocenters. The summed E-state index contributed by atoms with van der Waals surface area (Å²) >= 11 is -0.818. The van der Waals surface area contributed by atoms with Gasteiger partial charge in [-0.15, -0.1) is 0 Å². The van der Waals surface area contributed by atoms with Crippen LogP contribution in [0.2, 0.25) is 0 Å². The quantitative estimate of drug-likeness (QED) is 0.0891. The summed E-state index contributed by atoms with van der Waals surface area (Å²) in [5.74, 6) is -1.85. The minimum atomic E-state index is -3.32. The van der Waals surface area contributed by atoms with Crippen LogP contribution >= 0.6 is 43.3 Å². The second kappa shape index (κ2) is 13.4. The Balaban J connectivity index is 1.46. The van der Waals surface area contributed by atoms with Crippen molar-refractivity contribution in [3.63, 3.8) is 0 Å². The molecule has 14 heteroatoms. The minimum absolute atomic E-state index is 0.00829. The van der Waals surface area contributed by atoms with Gasteiger partial charge in [0.2, 0.25) is 0 Å². The molecule has 2 aromatic rings. The number of alkyl halides is 6. The lowest BCUT2D eigenvalue weighted by atomic mass is 9.81. The molecule has 2 amide bonds. The molecule has 2 aromatic carbocycles. The first-order valence-electron chi connectivity index (χ1n) is 15.6. The van der Waals surface area contributed by atoms with Gasteiger partial charge in [-0.1, -0.05) is 34.4 Å². The van der Waals surface area contributed by atoms with Crippen LogP contribution < -0.4 is 10.6 Å². The third kappa shape index (κ3) is 6.94. The van der Waals surface area contributed by atoms with E-state index in [1.165, 1.54) is 23.4 Å². The van der Waals surface area contributed by atoms with Gasteiger partial charge in [-0.25, -0.2) is 9.40 Å². The van der Waals surface area contributed by atoms with Gasteiger partial charge in [0.05, 0.1) is 23.5 Å². The summed E-state index contributed by atoms with van der Waals surface area (Å²) in [5.41, 5.74) is 0.312. The van der Waals surface area contributed by atoms with E-state index < -0.39 is 57.3 Å². The highest BCUT2D eigenvalue weighted by atomic mass is 127. The number of nitrogens with zero attached hydrogens (tertiary/aromatic N) is 3. The Morgan fingerprint density at radius 3 is 2.63 bits per heavy atom. The molecule has 0 spiro atoms. The standard InChI is InChI=1S/C35H34F5I2N5O2/c1-19-13-23(35(39,40)42-4)15-26(43-16-19)24-14-22(34(37,38)41)9-10-25(24)45-31(48)28-29(27-17-44-27)33(3)11-6-12-47(33)46(32(28)49)18-21-8-5-7-20(2)30(21)36/h5,7-10,14-16,27,44H,4,6,11-13,17-18H2,1-3H3,(H,45,48). The van der Waals surface area contributed by atoms with Gasteiger partial charge < -0.3 is 10.6 Å². The Hall–Kier alpha value is -2.83. The van der Waals surface area contributed by atoms with Crippen molar-refractivity contribution in [3.05, 3.63) is 99.0 Å². The molecule has 2 fully saturated rings. The zero-order valence-electron chi connectivity index (χ0n) is 26.9. The number of hydrogen-bond donors (Lipinski definition) is 2. The highest BCUT2D eigenvalue weighted by Gasteiger charge is 2.55. The number of carbonyl (C=O) groups is 2. The number of benzene rings is 2. The van der Waals surface area contributed by atoms with Crippen molar-refractivity contribution < 1.29 is 31.5 Å². The first-order chi connectivity index (χ1) is 23.0. The Labute approximate surface area is 304 Å². The number of anilines is 1.